The average Bonchev–Trinajstić information content (AvgIpc) is 3.49. The largest absolute Gasteiger partial charge is 0.492 e. The van der Waals surface area contributed by atoms with Gasteiger partial charge >= 0.3 is 5.97 Å². The lowest BCUT2D eigenvalue weighted by Gasteiger charge is -2.42. The van der Waals surface area contributed by atoms with Crippen LogP contribution in [0.1, 0.15) is 43.1 Å². The van der Waals surface area contributed by atoms with Crippen molar-refractivity contribution in [1.82, 2.24) is 9.88 Å². The Bertz CT molecular complexity index is 1050. The molecule has 1 aliphatic carbocycles. The molecule has 3 atom stereocenters. The normalized spacial score (nSPS) is 24.7. The Hall–Kier alpha value is -1.88. The van der Waals surface area contributed by atoms with E-state index in [1.807, 2.05) is 18.7 Å². The number of anilines is 1. The number of aromatic carboxylic acids is 1. The third-order valence-corrected chi connectivity index (χ3v) is 7.34. The molecule has 3 unspecified atom stereocenters. The van der Waals surface area contributed by atoms with Crippen molar-refractivity contribution in [2.45, 2.75) is 48.9 Å². The van der Waals surface area contributed by atoms with Gasteiger partial charge in [-0.15, -0.1) is 0 Å². The highest BCUT2D eigenvalue weighted by Gasteiger charge is 2.36. The van der Waals surface area contributed by atoms with E-state index >= 15 is 4.39 Å². The van der Waals surface area contributed by atoms with E-state index in [-0.39, 0.29) is 38.9 Å². The van der Waals surface area contributed by atoms with E-state index in [4.69, 9.17) is 4.74 Å². The van der Waals surface area contributed by atoms with Gasteiger partial charge in [-0.2, -0.15) is 0 Å². The number of halogens is 2. The number of nitrogens with zero attached hydrogens (tertiary/aromatic N) is 2. The van der Waals surface area contributed by atoms with Crippen molar-refractivity contribution in [3.05, 3.63) is 33.9 Å². The van der Waals surface area contributed by atoms with E-state index in [1.165, 1.54) is 19.4 Å². The molecule has 1 aliphatic heterocycles. The number of methoxy groups -OCH3 is 1. The lowest BCUT2D eigenvalue weighted by Crippen LogP contribution is -2.58. The van der Waals surface area contributed by atoms with E-state index < -0.39 is 17.2 Å². The van der Waals surface area contributed by atoms with Crippen LogP contribution in [0.15, 0.2) is 17.1 Å². The van der Waals surface area contributed by atoms with E-state index in [1.54, 1.807) is 4.57 Å². The Labute approximate surface area is 181 Å². The molecule has 7 nitrogen and oxygen atoms in total. The first kappa shape index (κ1) is 20.4. The summed E-state index contributed by atoms with van der Waals surface area (Å²) in [5, 5.41) is 12.9. The first-order valence-electron chi connectivity index (χ1n) is 9.60. The van der Waals surface area contributed by atoms with Crippen LogP contribution in [0.3, 0.4) is 0 Å². The molecular formula is C20H23FIN3O4. The molecule has 1 aromatic heterocycles. The quantitative estimate of drug-likeness (QED) is 0.370. The van der Waals surface area contributed by atoms with Gasteiger partial charge in [0.25, 0.3) is 0 Å². The van der Waals surface area contributed by atoms with Gasteiger partial charge < -0.3 is 24.6 Å². The summed E-state index contributed by atoms with van der Waals surface area (Å²) in [5.74, 6) is -1.62. The first-order valence-corrected chi connectivity index (χ1v) is 10.8. The first-order chi connectivity index (χ1) is 13.7. The Balaban J connectivity index is 2.04. The van der Waals surface area contributed by atoms with Crippen LogP contribution in [0.2, 0.25) is 0 Å². The molecule has 1 aromatic carbocycles. The standard InChI is InChI=1S/C20H23FIN3O4/c1-9-7-25(19(22)10(2)23-9)16-14(21)6-12-15(18(16)29-3)24(11-4-5-11)8-13(17(12)26)20(27)28/h6,8-11,19,23H,4-5,7H2,1-3H3,(H,27,28). The summed E-state index contributed by atoms with van der Waals surface area (Å²) in [5.41, 5.74) is -0.267. The zero-order valence-electron chi connectivity index (χ0n) is 16.4. The predicted octanol–water partition coefficient (Wildman–Crippen LogP) is 3.13. The maximum Gasteiger partial charge on any atom is 0.341 e. The maximum absolute atomic E-state index is 15.4. The zero-order valence-corrected chi connectivity index (χ0v) is 18.6. The molecule has 2 aromatic rings. The van der Waals surface area contributed by atoms with Crippen LogP contribution in [0, 0.1) is 5.82 Å². The van der Waals surface area contributed by atoms with Gasteiger partial charge in [-0.1, -0.05) is 22.6 Å². The number of rotatable bonds is 4. The van der Waals surface area contributed by atoms with Gasteiger partial charge in [-0.3, -0.25) is 4.79 Å². The number of carboxylic acid groups (broad SMARTS) is 1. The van der Waals surface area contributed by atoms with Gasteiger partial charge in [0.1, 0.15) is 11.3 Å². The summed E-state index contributed by atoms with van der Waals surface area (Å²) >= 11 is 2.28. The van der Waals surface area contributed by atoms with Crippen LogP contribution >= 0.6 is 22.6 Å². The molecule has 1 saturated heterocycles. The molecule has 2 N–H and O–H groups in total. The average molecular weight is 515 g/mol. The predicted molar refractivity (Wildman–Crippen MR) is 117 cm³/mol. The Morgan fingerprint density at radius 1 is 1.38 bits per heavy atom. The number of ether oxygens (including phenoxy) is 1. The number of carbonyl (C=O) groups is 1. The summed E-state index contributed by atoms with van der Waals surface area (Å²) in [7, 11) is 1.46. The highest BCUT2D eigenvalue weighted by molar-refractivity contribution is 14.1. The van der Waals surface area contributed by atoms with Crippen molar-refractivity contribution in [1.29, 1.82) is 0 Å². The molecule has 0 bridgehead atoms. The van der Waals surface area contributed by atoms with E-state index in [9.17, 15) is 14.7 Å². The molecule has 2 heterocycles. The summed E-state index contributed by atoms with van der Waals surface area (Å²) in [6.07, 6.45) is 3.13. The topological polar surface area (TPSA) is 83.8 Å². The van der Waals surface area contributed by atoms with Gasteiger partial charge in [0.05, 0.1) is 22.1 Å². The minimum Gasteiger partial charge on any atom is -0.492 e. The minimum absolute atomic E-state index is 0.0240. The molecule has 2 fully saturated rings. The van der Waals surface area contributed by atoms with Gasteiger partial charge in [-0.05, 0) is 32.8 Å². The maximum atomic E-state index is 15.4. The summed E-state index contributed by atoms with van der Waals surface area (Å²) in [6.45, 7) is 4.67. The van der Waals surface area contributed by atoms with Crippen molar-refractivity contribution < 1.29 is 19.0 Å². The lowest BCUT2D eigenvalue weighted by atomic mass is 10.1. The fourth-order valence-corrected chi connectivity index (χ4v) is 4.87. The number of nitrogens with one attached hydrogen (secondary N) is 1. The number of alkyl halides is 1. The molecule has 29 heavy (non-hydrogen) atoms. The van der Waals surface area contributed by atoms with E-state index in [0.717, 1.165) is 12.8 Å². The number of carboxylic acids is 1. The van der Waals surface area contributed by atoms with Crippen LogP contribution < -0.4 is 20.4 Å². The molecule has 156 valence electrons. The molecule has 4 rings (SSSR count). The third kappa shape index (κ3) is 3.37. The van der Waals surface area contributed by atoms with E-state index in [0.29, 0.717) is 17.7 Å². The molecule has 2 aliphatic rings. The summed E-state index contributed by atoms with van der Waals surface area (Å²) in [4.78, 5) is 26.3. The van der Waals surface area contributed by atoms with Gasteiger partial charge in [0.15, 0.2) is 11.6 Å². The number of piperazine rings is 1. The van der Waals surface area contributed by atoms with Crippen molar-refractivity contribution >= 4 is 45.2 Å². The molecule has 0 amide bonds. The van der Waals surface area contributed by atoms with Gasteiger partial charge in [0, 0.05) is 30.9 Å². The fraction of sp³-hybridized carbons (Fsp3) is 0.500. The third-order valence-electron chi connectivity index (χ3n) is 5.59. The van der Waals surface area contributed by atoms with Crippen LogP contribution in [0.4, 0.5) is 10.1 Å². The molecule has 0 spiro atoms. The van der Waals surface area contributed by atoms with Crippen LogP contribution in [-0.4, -0.2) is 45.4 Å². The Morgan fingerprint density at radius 2 is 2.07 bits per heavy atom. The number of aromatic nitrogens is 1. The van der Waals surface area contributed by atoms with Crippen molar-refractivity contribution in [2.24, 2.45) is 0 Å². The molecular weight excluding hydrogens is 492 g/mol. The number of benzene rings is 1. The second-order valence-corrected chi connectivity index (χ2v) is 9.11. The fourth-order valence-electron chi connectivity index (χ4n) is 4.16. The van der Waals surface area contributed by atoms with Crippen molar-refractivity contribution in [2.75, 3.05) is 18.6 Å². The Morgan fingerprint density at radius 3 is 2.66 bits per heavy atom. The highest BCUT2D eigenvalue weighted by atomic mass is 127. The number of pyridine rings is 1. The Kier molecular flexibility index (Phi) is 5.22. The number of hydrogen-bond acceptors (Lipinski definition) is 5. The number of hydrogen-bond donors (Lipinski definition) is 2. The van der Waals surface area contributed by atoms with Crippen LogP contribution in [0.5, 0.6) is 5.75 Å². The summed E-state index contributed by atoms with van der Waals surface area (Å²) in [6, 6.07) is 1.52. The molecule has 9 heteroatoms. The SMILES string of the molecule is COc1c(N2CC(C)NC(C)C2I)c(F)cc2c(=O)c(C(=O)O)cn(C3CC3)c12. The van der Waals surface area contributed by atoms with Crippen molar-refractivity contribution in [3.63, 3.8) is 0 Å². The second kappa shape index (κ2) is 7.42. The zero-order chi connectivity index (χ0) is 21.0. The minimum atomic E-state index is -1.31. The van der Waals surface area contributed by atoms with Gasteiger partial charge in [-0.25, -0.2) is 9.18 Å². The van der Waals surface area contributed by atoms with Crippen LogP contribution in [-0.2, 0) is 0 Å². The number of fused-ring (bicyclic) bond motifs is 1. The van der Waals surface area contributed by atoms with Crippen molar-refractivity contribution in [3.8, 4) is 5.75 Å². The molecule has 0 radical (unpaired) electrons. The van der Waals surface area contributed by atoms with Crippen LogP contribution in [0.25, 0.3) is 10.9 Å². The van der Waals surface area contributed by atoms with Gasteiger partial charge in [0.2, 0.25) is 5.43 Å². The monoisotopic (exact) mass is 515 g/mol. The van der Waals surface area contributed by atoms with E-state index in [2.05, 4.69) is 27.9 Å². The smallest absolute Gasteiger partial charge is 0.341 e. The lowest BCUT2D eigenvalue weighted by molar-refractivity contribution is 0.0695. The second-order valence-electron chi connectivity index (χ2n) is 7.83. The summed E-state index contributed by atoms with van der Waals surface area (Å²) < 4.78 is 22.8. The highest BCUT2D eigenvalue weighted by Crippen LogP contribution is 2.45. The molecule has 1 saturated carbocycles.